The standard InChI is InChI=1S/C22H34ClN3O3S/c1-5-16(3)15-26-21(27)20(17(4)6-2)24-22(26)11-13-25(14-12-22)30(28,29)19-9-7-18(23)8-10-19/h7-10,16-17,20,24H,5-6,11-15H2,1-4H3/t16-,17-,20-/m0/s1. The fourth-order valence-electron chi connectivity index (χ4n) is 4.40. The molecule has 1 amide bonds. The lowest BCUT2D eigenvalue weighted by Crippen LogP contribution is -2.60. The summed E-state index contributed by atoms with van der Waals surface area (Å²) in [6.07, 6.45) is 3.11. The van der Waals surface area contributed by atoms with Crippen molar-refractivity contribution in [3.05, 3.63) is 29.3 Å². The molecule has 0 bridgehead atoms. The second kappa shape index (κ2) is 9.15. The Morgan fingerprint density at radius 2 is 1.73 bits per heavy atom. The van der Waals surface area contributed by atoms with Gasteiger partial charge in [-0.2, -0.15) is 4.31 Å². The van der Waals surface area contributed by atoms with Crippen LogP contribution in [0, 0.1) is 11.8 Å². The molecular formula is C22H34ClN3O3S. The van der Waals surface area contributed by atoms with Crippen molar-refractivity contribution in [3.63, 3.8) is 0 Å². The number of nitrogens with one attached hydrogen (secondary N) is 1. The molecule has 30 heavy (non-hydrogen) atoms. The highest BCUT2D eigenvalue weighted by Crippen LogP contribution is 2.37. The number of carbonyl (C=O) groups is 1. The summed E-state index contributed by atoms with van der Waals surface area (Å²) in [5.74, 6) is 0.810. The van der Waals surface area contributed by atoms with Crippen LogP contribution in [0.25, 0.3) is 0 Å². The summed E-state index contributed by atoms with van der Waals surface area (Å²) < 4.78 is 27.7. The molecule has 3 rings (SSSR count). The minimum atomic E-state index is -3.57. The molecule has 0 aliphatic carbocycles. The van der Waals surface area contributed by atoms with Gasteiger partial charge in [0.25, 0.3) is 0 Å². The number of halogens is 1. The molecule has 1 spiro atoms. The number of benzene rings is 1. The van der Waals surface area contributed by atoms with E-state index in [2.05, 4.69) is 33.0 Å². The lowest BCUT2D eigenvalue weighted by molar-refractivity contribution is -0.134. The molecule has 0 saturated carbocycles. The van der Waals surface area contributed by atoms with Crippen molar-refractivity contribution in [2.45, 2.75) is 70.0 Å². The third-order valence-electron chi connectivity index (χ3n) is 6.88. The Balaban J connectivity index is 1.81. The minimum absolute atomic E-state index is 0.165. The molecule has 168 valence electrons. The largest absolute Gasteiger partial charge is 0.323 e. The number of hydrogen-bond donors (Lipinski definition) is 1. The molecule has 6 nitrogen and oxygen atoms in total. The van der Waals surface area contributed by atoms with Gasteiger partial charge in [-0.15, -0.1) is 0 Å². The summed E-state index contributed by atoms with van der Waals surface area (Å²) in [5, 5.41) is 4.15. The maximum absolute atomic E-state index is 13.3. The predicted molar refractivity (Wildman–Crippen MR) is 120 cm³/mol. The fourth-order valence-corrected chi connectivity index (χ4v) is 5.97. The number of rotatable bonds is 7. The number of sulfonamides is 1. The first-order chi connectivity index (χ1) is 14.1. The zero-order chi connectivity index (χ0) is 22.1. The Hall–Kier alpha value is -1.15. The number of piperidine rings is 1. The summed E-state index contributed by atoms with van der Waals surface area (Å²) in [4.78, 5) is 15.6. The molecule has 1 aromatic rings. The van der Waals surface area contributed by atoms with Crippen LogP contribution in [0.3, 0.4) is 0 Å². The number of hydrogen-bond acceptors (Lipinski definition) is 4. The van der Waals surface area contributed by atoms with E-state index < -0.39 is 15.7 Å². The Morgan fingerprint density at radius 1 is 1.13 bits per heavy atom. The Labute approximate surface area is 186 Å². The predicted octanol–water partition coefficient (Wildman–Crippen LogP) is 3.71. The van der Waals surface area contributed by atoms with E-state index in [-0.39, 0.29) is 22.8 Å². The van der Waals surface area contributed by atoms with E-state index in [0.29, 0.717) is 43.4 Å². The van der Waals surface area contributed by atoms with Gasteiger partial charge in [0.1, 0.15) is 0 Å². The first kappa shape index (κ1) is 23.5. The summed E-state index contributed by atoms with van der Waals surface area (Å²) in [7, 11) is -3.57. The molecule has 2 heterocycles. The second-order valence-corrected chi connectivity index (χ2v) is 11.2. The van der Waals surface area contributed by atoms with Gasteiger partial charge in [-0.05, 0) is 48.9 Å². The second-order valence-electron chi connectivity index (χ2n) is 8.86. The average molecular weight is 456 g/mol. The summed E-state index contributed by atoms with van der Waals surface area (Å²) >= 11 is 5.91. The molecule has 8 heteroatoms. The van der Waals surface area contributed by atoms with E-state index in [9.17, 15) is 13.2 Å². The van der Waals surface area contributed by atoms with Gasteiger partial charge >= 0.3 is 0 Å². The van der Waals surface area contributed by atoms with Crippen molar-refractivity contribution < 1.29 is 13.2 Å². The van der Waals surface area contributed by atoms with Crippen LogP contribution in [-0.2, 0) is 14.8 Å². The van der Waals surface area contributed by atoms with E-state index in [0.717, 1.165) is 12.8 Å². The van der Waals surface area contributed by atoms with Gasteiger partial charge in [0, 0.05) is 24.7 Å². The molecule has 2 saturated heterocycles. The molecule has 0 unspecified atom stereocenters. The quantitative estimate of drug-likeness (QED) is 0.680. The molecule has 2 aliphatic rings. The smallest absolute Gasteiger partial charge is 0.243 e. The Kier molecular flexibility index (Phi) is 7.17. The van der Waals surface area contributed by atoms with Gasteiger partial charge in [-0.3, -0.25) is 10.1 Å². The van der Waals surface area contributed by atoms with Crippen LogP contribution >= 0.6 is 11.6 Å². The Morgan fingerprint density at radius 3 is 2.27 bits per heavy atom. The van der Waals surface area contributed by atoms with Crippen LogP contribution in [-0.4, -0.2) is 54.9 Å². The first-order valence-corrected chi connectivity index (χ1v) is 12.8. The molecule has 1 aromatic carbocycles. The molecule has 3 atom stereocenters. The van der Waals surface area contributed by atoms with Crippen LogP contribution in [0.2, 0.25) is 5.02 Å². The highest BCUT2D eigenvalue weighted by molar-refractivity contribution is 7.89. The van der Waals surface area contributed by atoms with Crippen molar-refractivity contribution in [2.24, 2.45) is 11.8 Å². The molecule has 1 N–H and O–H groups in total. The van der Waals surface area contributed by atoms with Crippen molar-refractivity contribution in [3.8, 4) is 0 Å². The minimum Gasteiger partial charge on any atom is -0.323 e. The lowest BCUT2D eigenvalue weighted by Gasteiger charge is -2.45. The fraction of sp³-hybridized carbons (Fsp3) is 0.682. The van der Waals surface area contributed by atoms with E-state index in [4.69, 9.17) is 11.6 Å². The van der Waals surface area contributed by atoms with Gasteiger partial charge < -0.3 is 4.90 Å². The first-order valence-electron chi connectivity index (χ1n) is 11.0. The van der Waals surface area contributed by atoms with Crippen molar-refractivity contribution >= 4 is 27.5 Å². The molecule has 2 fully saturated rings. The van der Waals surface area contributed by atoms with Gasteiger partial charge in [0.05, 0.1) is 16.6 Å². The van der Waals surface area contributed by atoms with Crippen LogP contribution in [0.1, 0.15) is 53.4 Å². The van der Waals surface area contributed by atoms with Crippen molar-refractivity contribution in [1.82, 2.24) is 14.5 Å². The highest BCUT2D eigenvalue weighted by atomic mass is 35.5. The topological polar surface area (TPSA) is 69.7 Å². The zero-order valence-corrected chi connectivity index (χ0v) is 20.0. The lowest BCUT2D eigenvalue weighted by atomic mass is 9.95. The number of amides is 1. The SMILES string of the molecule is CC[C@H](C)CN1C(=O)[C@H]([C@@H](C)CC)NC12CCN(S(=O)(=O)c1ccc(Cl)cc1)CC2. The number of carbonyl (C=O) groups excluding carboxylic acids is 1. The highest BCUT2D eigenvalue weighted by Gasteiger charge is 2.53. The van der Waals surface area contributed by atoms with Crippen molar-refractivity contribution in [1.29, 1.82) is 0 Å². The van der Waals surface area contributed by atoms with Crippen molar-refractivity contribution in [2.75, 3.05) is 19.6 Å². The zero-order valence-electron chi connectivity index (χ0n) is 18.4. The molecule has 0 radical (unpaired) electrons. The summed E-state index contributed by atoms with van der Waals surface area (Å²) in [6.45, 7) is 9.99. The summed E-state index contributed by atoms with van der Waals surface area (Å²) in [6, 6.07) is 6.10. The third-order valence-corrected chi connectivity index (χ3v) is 9.04. The Bertz CT molecular complexity index is 851. The van der Waals surface area contributed by atoms with Crippen LogP contribution in [0.15, 0.2) is 29.2 Å². The van der Waals surface area contributed by atoms with E-state index >= 15 is 0 Å². The van der Waals surface area contributed by atoms with Gasteiger partial charge in [0.15, 0.2) is 0 Å². The average Bonchev–Trinajstić information content (AvgIpc) is 2.99. The summed E-state index contributed by atoms with van der Waals surface area (Å²) in [5.41, 5.74) is -0.458. The van der Waals surface area contributed by atoms with Gasteiger partial charge in [0.2, 0.25) is 15.9 Å². The number of nitrogens with zero attached hydrogens (tertiary/aromatic N) is 2. The molecular weight excluding hydrogens is 422 g/mol. The van der Waals surface area contributed by atoms with Gasteiger partial charge in [-0.25, -0.2) is 8.42 Å². The van der Waals surface area contributed by atoms with E-state index in [1.165, 1.54) is 4.31 Å². The van der Waals surface area contributed by atoms with Crippen LogP contribution in [0.4, 0.5) is 0 Å². The maximum atomic E-state index is 13.3. The monoisotopic (exact) mass is 455 g/mol. The van der Waals surface area contributed by atoms with E-state index in [1.807, 2.05) is 4.90 Å². The van der Waals surface area contributed by atoms with Crippen LogP contribution < -0.4 is 5.32 Å². The third kappa shape index (κ3) is 4.40. The van der Waals surface area contributed by atoms with E-state index in [1.54, 1.807) is 24.3 Å². The van der Waals surface area contributed by atoms with Crippen LogP contribution in [0.5, 0.6) is 0 Å². The molecule has 0 aromatic heterocycles. The van der Waals surface area contributed by atoms with Gasteiger partial charge in [-0.1, -0.05) is 52.1 Å². The maximum Gasteiger partial charge on any atom is 0.243 e. The molecule has 2 aliphatic heterocycles. The normalized spacial score (nSPS) is 24.4.